The maximum absolute atomic E-state index is 12.1. The monoisotopic (exact) mass is 299 g/mol. The average molecular weight is 299 g/mol. The van der Waals surface area contributed by atoms with E-state index in [4.69, 9.17) is 4.74 Å². The lowest BCUT2D eigenvalue weighted by Crippen LogP contribution is -2.50. The van der Waals surface area contributed by atoms with E-state index in [1.807, 2.05) is 20.8 Å². The molecule has 0 aromatic rings. The van der Waals surface area contributed by atoms with Crippen molar-refractivity contribution in [2.75, 3.05) is 52.9 Å². The van der Waals surface area contributed by atoms with Crippen LogP contribution < -0.4 is 5.32 Å². The summed E-state index contributed by atoms with van der Waals surface area (Å²) in [6.45, 7) is 12.8. The molecule has 0 aromatic heterocycles. The average Bonchev–Trinajstić information content (AvgIpc) is 2.64. The first-order valence-electron chi connectivity index (χ1n) is 8.35. The Bertz CT molecular complexity index is 312. The summed E-state index contributed by atoms with van der Waals surface area (Å²) in [5, 5.41) is 3.30. The van der Waals surface area contributed by atoms with Gasteiger partial charge in [0.15, 0.2) is 0 Å². The van der Waals surface area contributed by atoms with Crippen molar-refractivity contribution in [3.05, 3.63) is 0 Å². The molecule has 1 unspecified atom stereocenters. The molecule has 0 amide bonds. The first-order chi connectivity index (χ1) is 10.0. The molecule has 1 atom stereocenters. The zero-order valence-corrected chi connectivity index (χ0v) is 14.3. The highest BCUT2D eigenvalue weighted by atomic mass is 16.5. The van der Waals surface area contributed by atoms with Crippen molar-refractivity contribution >= 4 is 5.97 Å². The topological polar surface area (TPSA) is 44.8 Å². The SMILES string of the molecule is CCNC(C)(CCCN1CCCN(C)CC1)C(=O)OCC. The first-order valence-corrected chi connectivity index (χ1v) is 8.35. The lowest BCUT2D eigenvalue weighted by atomic mass is 9.95. The quantitative estimate of drug-likeness (QED) is 0.685. The summed E-state index contributed by atoms with van der Waals surface area (Å²) in [5.74, 6) is -0.123. The summed E-state index contributed by atoms with van der Waals surface area (Å²) in [6.07, 6.45) is 3.08. The molecule has 5 heteroatoms. The summed E-state index contributed by atoms with van der Waals surface area (Å²) in [5.41, 5.74) is -0.548. The van der Waals surface area contributed by atoms with Crippen molar-refractivity contribution in [3.63, 3.8) is 0 Å². The van der Waals surface area contributed by atoms with E-state index in [0.717, 1.165) is 39.0 Å². The molecule has 1 rings (SSSR count). The fourth-order valence-corrected chi connectivity index (χ4v) is 2.92. The Kier molecular flexibility index (Phi) is 8.22. The minimum atomic E-state index is -0.548. The molecule has 1 N–H and O–H groups in total. The second kappa shape index (κ2) is 9.38. The van der Waals surface area contributed by atoms with Gasteiger partial charge in [-0.15, -0.1) is 0 Å². The third kappa shape index (κ3) is 6.32. The number of hydrogen-bond acceptors (Lipinski definition) is 5. The van der Waals surface area contributed by atoms with Crippen LogP contribution in [-0.2, 0) is 9.53 Å². The van der Waals surface area contributed by atoms with Crippen molar-refractivity contribution in [2.45, 2.75) is 45.6 Å². The zero-order chi connectivity index (χ0) is 15.7. The minimum absolute atomic E-state index is 0.123. The van der Waals surface area contributed by atoms with Crippen LogP contribution in [0.2, 0.25) is 0 Å². The third-order valence-corrected chi connectivity index (χ3v) is 4.26. The van der Waals surface area contributed by atoms with Crippen LogP contribution in [0.3, 0.4) is 0 Å². The molecular formula is C16H33N3O2. The number of rotatable bonds is 8. The van der Waals surface area contributed by atoms with Gasteiger partial charge in [0.05, 0.1) is 6.61 Å². The molecular weight excluding hydrogens is 266 g/mol. The van der Waals surface area contributed by atoms with Crippen LogP contribution in [0.25, 0.3) is 0 Å². The van der Waals surface area contributed by atoms with Crippen molar-refractivity contribution in [2.24, 2.45) is 0 Å². The van der Waals surface area contributed by atoms with E-state index >= 15 is 0 Å². The molecule has 0 aromatic carbocycles. The van der Waals surface area contributed by atoms with Gasteiger partial charge in [0, 0.05) is 13.1 Å². The van der Waals surface area contributed by atoms with Crippen LogP contribution in [0.1, 0.15) is 40.0 Å². The van der Waals surface area contributed by atoms with Gasteiger partial charge in [0.2, 0.25) is 0 Å². The summed E-state index contributed by atoms with van der Waals surface area (Å²) in [7, 11) is 2.19. The lowest BCUT2D eigenvalue weighted by Gasteiger charge is -2.29. The van der Waals surface area contributed by atoms with Gasteiger partial charge >= 0.3 is 5.97 Å². The lowest BCUT2D eigenvalue weighted by molar-refractivity contribution is -0.150. The predicted octanol–water partition coefficient (Wildman–Crippen LogP) is 1.34. The molecule has 0 radical (unpaired) electrons. The van der Waals surface area contributed by atoms with Gasteiger partial charge in [-0.3, -0.25) is 4.79 Å². The van der Waals surface area contributed by atoms with Crippen LogP contribution in [0.5, 0.6) is 0 Å². The number of ether oxygens (including phenoxy) is 1. The number of carbonyl (C=O) groups excluding carboxylic acids is 1. The van der Waals surface area contributed by atoms with Gasteiger partial charge in [-0.1, -0.05) is 6.92 Å². The second-order valence-corrected chi connectivity index (χ2v) is 6.18. The standard InChI is InChI=1S/C16H33N3O2/c1-5-17-16(3,15(20)21-6-2)9-7-11-19-12-8-10-18(4)13-14-19/h17H,5-14H2,1-4H3. The molecule has 0 aliphatic carbocycles. The van der Waals surface area contributed by atoms with E-state index in [2.05, 4.69) is 22.2 Å². The maximum atomic E-state index is 12.1. The van der Waals surface area contributed by atoms with E-state index in [1.54, 1.807) is 0 Å². The Morgan fingerprint density at radius 2 is 2.00 bits per heavy atom. The summed E-state index contributed by atoms with van der Waals surface area (Å²) < 4.78 is 5.21. The number of likely N-dealkylation sites (N-methyl/N-ethyl adjacent to an activating group) is 2. The molecule has 1 fully saturated rings. The Hall–Kier alpha value is -0.650. The molecule has 1 saturated heterocycles. The molecule has 1 aliphatic heterocycles. The highest BCUT2D eigenvalue weighted by Gasteiger charge is 2.33. The summed E-state index contributed by atoms with van der Waals surface area (Å²) >= 11 is 0. The maximum Gasteiger partial charge on any atom is 0.326 e. The molecule has 0 bridgehead atoms. The molecule has 1 heterocycles. The van der Waals surface area contributed by atoms with Gasteiger partial charge in [-0.05, 0) is 66.3 Å². The highest BCUT2D eigenvalue weighted by molar-refractivity contribution is 5.80. The van der Waals surface area contributed by atoms with E-state index < -0.39 is 5.54 Å². The molecule has 21 heavy (non-hydrogen) atoms. The highest BCUT2D eigenvalue weighted by Crippen LogP contribution is 2.16. The zero-order valence-electron chi connectivity index (χ0n) is 14.3. The van der Waals surface area contributed by atoms with E-state index in [9.17, 15) is 4.79 Å². The van der Waals surface area contributed by atoms with Gasteiger partial charge in [-0.2, -0.15) is 0 Å². The summed E-state index contributed by atoms with van der Waals surface area (Å²) in [4.78, 5) is 17.0. The Morgan fingerprint density at radius 1 is 1.24 bits per heavy atom. The first kappa shape index (κ1) is 18.4. The largest absolute Gasteiger partial charge is 0.465 e. The molecule has 1 aliphatic rings. The Labute approximate surface area is 130 Å². The van der Waals surface area contributed by atoms with Crippen LogP contribution in [0.15, 0.2) is 0 Å². The predicted molar refractivity (Wildman–Crippen MR) is 86.5 cm³/mol. The van der Waals surface area contributed by atoms with Crippen molar-refractivity contribution in [1.29, 1.82) is 0 Å². The third-order valence-electron chi connectivity index (χ3n) is 4.26. The fourth-order valence-electron chi connectivity index (χ4n) is 2.92. The van der Waals surface area contributed by atoms with Gasteiger partial charge < -0.3 is 19.9 Å². The smallest absolute Gasteiger partial charge is 0.326 e. The van der Waals surface area contributed by atoms with E-state index in [0.29, 0.717) is 6.61 Å². The van der Waals surface area contributed by atoms with Gasteiger partial charge in [0.25, 0.3) is 0 Å². The van der Waals surface area contributed by atoms with Crippen molar-refractivity contribution < 1.29 is 9.53 Å². The van der Waals surface area contributed by atoms with E-state index in [1.165, 1.54) is 19.5 Å². The van der Waals surface area contributed by atoms with Gasteiger partial charge in [0.1, 0.15) is 5.54 Å². The normalized spacial score (nSPS) is 20.8. The van der Waals surface area contributed by atoms with Crippen LogP contribution in [0.4, 0.5) is 0 Å². The minimum Gasteiger partial charge on any atom is -0.465 e. The molecule has 124 valence electrons. The van der Waals surface area contributed by atoms with Crippen LogP contribution >= 0.6 is 0 Å². The molecule has 5 nitrogen and oxygen atoms in total. The Balaban J connectivity index is 2.40. The van der Waals surface area contributed by atoms with Crippen molar-refractivity contribution in [3.8, 4) is 0 Å². The van der Waals surface area contributed by atoms with E-state index in [-0.39, 0.29) is 5.97 Å². The van der Waals surface area contributed by atoms with Crippen molar-refractivity contribution in [1.82, 2.24) is 15.1 Å². The van der Waals surface area contributed by atoms with Crippen LogP contribution in [0, 0.1) is 0 Å². The molecule has 0 spiro atoms. The number of carbonyl (C=O) groups is 1. The molecule has 0 saturated carbocycles. The van der Waals surface area contributed by atoms with Crippen LogP contribution in [-0.4, -0.2) is 74.2 Å². The van der Waals surface area contributed by atoms with Gasteiger partial charge in [-0.25, -0.2) is 0 Å². The number of hydrogen-bond donors (Lipinski definition) is 1. The fraction of sp³-hybridized carbons (Fsp3) is 0.938. The number of esters is 1. The summed E-state index contributed by atoms with van der Waals surface area (Å²) in [6, 6.07) is 0. The number of nitrogens with zero attached hydrogens (tertiary/aromatic N) is 2. The Morgan fingerprint density at radius 3 is 2.67 bits per heavy atom. The number of nitrogens with one attached hydrogen (secondary N) is 1. The second-order valence-electron chi connectivity index (χ2n) is 6.18.